The molecular formula is C40H51N5O4S. The minimum absolute atomic E-state index is 0.125. The van der Waals surface area contributed by atoms with Crippen molar-refractivity contribution in [3.8, 4) is 16.9 Å². The summed E-state index contributed by atoms with van der Waals surface area (Å²) in [5, 5.41) is 11.2. The predicted octanol–water partition coefficient (Wildman–Crippen LogP) is 8.14. The quantitative estimate of drug-likeness (QED) is 0.111. The lowest BCUT2D eigenvalue weighted by molar-refractivity contribution is -0.112. The highest BCUT2D eigenvalue weighted by Gasteiger charge is 2.20. The van der Waals surface area contributed by atoms with E-state index in [0.29, 0.717) is 47.7 Å². The molecule has 9 nitrogen and oxygen atoms in total. The smallest absolute Gasteiger partial charge is 0.251 e. The van der Waals surface area contributed by atoms with Crippen LogP contribution in [0.15, 0.2) is 83.5 Å². The summed E-state index contributed by atoms with van der Waals surface area (Å²) in [5.41, 5.74) is 5.73. The molecule has 266 valence electrons. The second kappa shape index (κ2) is 18.6. The van der Waals surface area contributed by atoms with Crippen molar-refractivity contribution in [3.05, 3.63) is 90.0 Å². The number of amides is 1. The van der Waals surface area contributed by atoms with Gasteiger partial charge in [-0.25, -0.2) is 0 Å². The Kier molecular flexibility index (Phi) is 13.8. The number of aromatic nitrogens is 3. The summed E-state index contributed by atoms with van der Waals surface area (Å²) >= 11 is 0. The van der Waals surface area contributed by atoms with E-state index in [1.807, 2.05) is 47.0 Å². The van der Waals surface area contributed by atoms with E-state index in [2.05, 4.69) is 78.4 Å². The molecule has 0 saturated heterocycles. The van der Waals surface area contributed by atoms with Crippen molar-refractivity contribution in [3.63, 3.8) is 0 Å². The van der Waals surface area contributed by atoms with Gasteiger partial charge in [-0.05, 0) is 103 Å². The Balaban J connectivity index is 1.30. The van der Waals surface area contributed by atoms with Crippen LogP contribution in [0.3, 0.4) is 0 Å². The molecule has 0 radical (unpaired) electrons. The molecule has 0 spiro atoms. The van der Waals surface area contributed by atoms with Gasteiger partial charge in [0.15, 0.2) is 0 Å². The number of ether oxygens (including phenoxy) is 2. The van der Waals surface area contributed by atoms with Gasteiger partial charge in [-0.1, -0.05) is 52.3 Å². The summed E-state index contributed by atoms with van der Waals surface area (Å²) in [5.74, 6) is 2.20. The zero-order chi connectivity index (χ0) is 35.3. The summed E-state index contributed by atoms with van der Waals surface area (Å²) in [6, 6.07) is 21.9. The molecule has 5 rings (SSSR count). The Morgan fingerprint density at radius 3 is 2.48 bits per heavy atom. The van der Waals surface area contributed by atoms with Gasteiger partial charge >= 0.3 is 0 Å². The lowest BCUT2D eigenvalue weighted by Gasteiger charge is -2.30. The first-order chi connectivity index (χ1) is 24.3. The van der Waals surface area contributed by atoms with Crippen molar-refractivity contribution >= 4 is 34.2 Å². The highest BCUT2D eigenvalue weighted by atomic mass is 32.2. The third-order valence-corrected chi connectivity index (χ3v) is 9.89. The molecule has 1 atom stereocenters. The van der Waals surface area contributed by atoms with Gasteiger partial charge in [0.2, 0.25) is 0 Å². The number of fused-ring (bicyclic) bond motifs is 1. The maximum absolute atomic E-state index is 13.7. The molecule has 1 amide bonds. The molecule has 2 heterocycles. The molecule has 1 aliphatic heterocycles. The van der Waals surface area contributed by atoms with Gasteiger partial charge in [0.1, 0.15) is 24.5 Å². The zero-order valence-corrected chi connectivity index (χ0v) is 30.7. The Morgan fingerprint density at radius 2 is 1.74 bits per heavy atom. The highest BCUT2D eigenvalue weighted by molar-refractivity contribution is 7.84. The SMILES string of the molecule is CCCCOCCOc1ccc(-c2ccc3c(c2)/C=C(/C(=O)Nc2ccc([S@](=O)Cc4nncn4CCC)cc2)CCCN3CC(C)C)cc1. The minimum Gasteiger partial charge on any atom is -0.491 e. The maximum atomic E-state index is 13.7. The molecule has 4 aromatic rings. The van der Waals surface area contributed by atoms with Gasteiger partial charge in [-0.3, -0.25) is 9.00 Å². The van der Waals surface area contributed by atoms with Crippen LogP contribution in [0.25, 0.3) is 17.2 Å². The van der Waals surface area contributed by atoms with Gasteiger partial charge in [0.05, 0.1) is 23.2 Å². The Morgan fingerprint density at radius 1 is 0.960 bits per heavy atom. The summed E-state index contributed by atoms with van der Waals surface area (Å²) in [4.78, 5) is 16.8. The largest absolute Gasteiger partial charge is 0.491 e. The fourth-order valence-electron chi connectivity index (χ4n) is 6.02. The van der Waals surface area contributed by atoms with E-state index in [1.165, 1.54) is 0 Å². The van der Waals surface area contributed by atoms with Gasteiger partial charge < -0.3 is 24.3 Å². The molecule has 0 saturated carbocycles. The molecule has 50 heavy (non-hydrogen) atoms. The number of hydrogen-bond donors (Lipinski definition) is 1. The van der Waals surface area contributed by atoms with Crippen molar-refractivity contribution in [2.45, 2.75) is 77.0 Å². The van der Waals surface area contributed by atoms with Crippen LogP contribution in [0.5, 0.6) is 5.75 Å². The van der Waals surface area contributed by atoms with Crippen LogP contribution in [0, 0.1) is 5.92 Å². The van der Waals surface area contributed by atoms with Crippen molar-refractivity contribution in [2.24, 2.45) is 5.92 Å². The van der Waals surface area contributed by atoms with E-state index in [-0.39, 0.29) is 5.91 Å². The number of benzene rings is 3. The predicted molar refractivity (Wildman–Crippen MR) is 203 cm³/mol. The standard InChI is InChI=1S/C40H51N5O4S/c1-5-7-22-48-23-24-49-36-15-10-31(11-16-36)32-12-19-38-34(25-32)26-33(9-8-21-44(38)27-30(3)4)40(46)42-35-13-17-37(18-14-35)50(47)28-39-43-41-29-45(39)20-6-2/h10-19,25-26,29-30H,5-9,20-24,27-28H2,1-4H3,(H,42,46)/b33-26+/t50-/m1/s1. The van der Waals surface area contributed by atoms with Gasteiger partial charge in [0, 0.05) is 48.1 Å². The molecule has 1 aromatic heterocycles. The van der Waals surface area contributed by atoms with Crippen LogP contribution < -0.4 is 15.0 Å². The molecule has 0 unspecified atom stereocenters. The number of anilines is 2. The van der Waals surface area contributed by atoms with E-state index >= 15 is 0 Å². The number of rotatable bonds is 17. The second-order valence-corrected chi connectivity index (χ2v) is 14.6. The lowest BCUT2D eigenvalue weighted by atomic mass is 9.96. The monoisotopic (exact) mass is 697 g/mol. The number of hydrogen-bond acceptors (Lipinski definition) is 7. The average Bonchev–Trinajstić information content (AvgIpc) is 3.54. The van der Waals surface area contributed by atoms with Crippen LogP contribution in [0.4, 0.5) is 11.4 Å². The third-order valence-electron chi connectivity index (χ3n) is 8.57. The van der Waals surface area contributed by atoms with Crippen LogP contribution in [-0.4, -0.2) is 57.8 Å². The number of carbonyl (C=O) groups excluding carboxylic acids is 1. The van der Waals surface area contributed by atoms with E-state index in [9.17, 15) is 9.00 Å². The summed E-state index contributed by atoms with van der Waals surface area (Å²) in [6.45, 7) is 13.2. The summed E-state index contributed by atoms with van der Waals surface area (Å²) in [6.07, 6.45) is 8.41. The molecule has 0 aliphatic carbocycles. The zero-order valence-electron chi connectivity index (χ0n) is 29.9. The van der Waals surface area contributed by atoms with E-state index in [1.54, 1.807) is 6.33 Å². The molecule has 3 aromatic carbocycles. The lowest BCUT2D eigenvalue weighted by Crippen LogP contribution is -2.30. The van der Waals surface area contributed by atoms with Crippen LogP contribution in [0.1, 0.15) is 71.2 Å². The number of carbonyl (C=O) groups is 1. The fourth-order valence-corrected chi connectivity index (χ4v) is 7.08. The molecule has 0 bridgehead atoms. The minimum atomic E-state index is -1.28. The van der Waals surface area contributed by atoms with Crippen molar-refractivity contribution in [2.75, 3.05) is 43.1 Å². The fraction of sp³-hybridized carbons (Fsp3) is 0.425. The number of nitrogens with zero attached hydrogens (tertiary/aromatic N) is 4. The van der Waals surface area contributed by atoms with E-state index in [0.717, 1.165) is 85.6 Å². The molecule has 1 N–H and O–H groups in total. The Labute approximate surface area is 299 Å². The van der Waals surface area contributed by atoms with Gasteiger partial charge in [0.25, 0.3) is 5.91 Å². The van der Waals surface area contributed by atoms with Crippen LogP contribution in [0.2, 0.25) is 0 Å². The molecule has 10 heteroatoms. The normalized spacial score (nSPS) is 14.7. The molecular weight excluding hydrogens is 647 g/mol. The molecule has 1 aliphatic rings. The average molecular weight is 698 g/mol. The van der Waals surface area contributed by atoms with Gasteiger partial charge in [-0.2, -0.15) is 0 Å². The molecule has 0 fully saturated rings. The highest BCUT2D eigenvalue weighted by Crippen LogP contribution is 2.33. The van der Waals surface area contributed by atoms with Crippen molar-refractivity contribution < 1.29 is 18.5 Å². The maximum Gasteiger partial charge on any atom is 0.251 e. The first kappa shape index (κ1) is 37.0. The number of nitrogens with one attached hydrogen (secondary N) is 1. The van der Waals surface area contributed by atoms with Crippen LogP contribution in [-0.2, 0) is 32.6 Å². The van der Waals surface area contributed by atoms with E-state index in [4.69, 9.17) is 9.47 Å². The summed E-state index contributed by atoms with van der Waals surface area (Å²) in [7, 11) is -1.28. The topological polar surface area (TPSA) is 98.6 Å². The number of unbranched alkanes of at least 4 members (excludes halogenated alkanes) is 1. The third kappa shape index (κ3) is 10.4. The van der Waals surface area contributed by atoms with Crippen molar-refractivity contribution in [1.29, 1.82) is 0 Å². The first-order valence-corrected chi connectivity index (χ1v) is 19.2. The van der Waals surface area contributed by atoms with Gasteiger partial charge in [-0.15, -0.1) is 10.2 Å². The number of aryl methyl sites for hydroxylation is 1. The summed E-state index contributed by atoms with van der Waals surface area (Å²) < 4.78 is 26.5. The Hall–Kier alpha value is -4.28. The van der Waals surface area contributed by atoms with Crippen LogP contribution >= 0.6 is 0 Å². The second-order valence-electron chi connectivity index (χ2n) is 13.1. The first-order valence-electron chi connectivity index (χ1n) is 17.9. The van der Waals surface area contributed by atoms with Crippen molar-refractivity contribution in [1.82, 2.24) is 14.8 Å². The Bertz CT molecular complexity index is 1730. The van der Waals surface area contributed by atoms with E-state index < -0.39 is 10.8 Å².